The maximum atomic E-state index is 5.86. The summed E-state index contributed by atoms with van der Waals surface area (Å²) in [5, 5.41) is 0. The zero-order valence-corrected chi connectivity index (χ0v) is 12.8. The Morgan fingerprint density at radius 1 is 0.905 bits per heavy atom. The Morgan fingerprint density at radius 3 is 2.24 bits per heavy atom. The van der Waals surface area contributed by atoms with Crippen molar-refractivity contribution in [1.82, 2.24) is 4.90 Å². The molecule has 0 atom stereocenters. The number of hydrogen-bond acceptors (Lipinski definition) is 4. The van der Waals surface area contributed by atoms with Crippen molar-refractivity contribution in [2.24, 2.45) is 0 Å². The molecule has 0 amide bonds. The SMILES string of the molecule is COc1ccccc1CN(C)Cc1cc(N)ccc1OC. The van der Waals surface area contributed by atoms with Gasteiger partial charge in [0.15, 0.2) is 0 Å². The average molecular weight is 286 g/mol. The van der Waals surface area contributed by atoms with Crippen LogP contribution in [0.3, 0.4) is 0 Å². The van der Waals surface area contributed by atoms with Crippen molar-refractivity contribution in [3.8, 4) is 11.5 Å². The van der Waals surface area contributed by atoms with E-state index in [-0.39, 0.29) is 0 Å². The summed E-state index contributed by atoms with van der Waals surface area (Å²) in [6.07, 6.45) is 0. The van der Waals surface area contributed by atoms with Gasteiger partial charge in [0.1, 0.15) is 11.5 Å². The van der Waals surface area contributed by atoms with E-state index in [1.54, 1.807) is 14.2 Å². The molecule has 0 aliphatic rings. The van der Waals surface area contributed by atoms with Crippen molar-refractivity contribution in [2.45, 2.75) is 13.1 Å². The lowest BCUT2D eigenvalue weighted by Gasteiger charge is -2.20. The molecule has 0 fully saturated rings. The molecule has 0 bridgehead atoms. The lowest BCUT2D eigenvalue weighted by atomic mass is 10.1. The molecule has 2 N–H and O–H groups in total. The number of hydrogen-bond donors (Lipinski definition) is 1. The number of nitrogen functional groups attached to an aromatic ring is 1. The van der Waals surface area contributed by atoms with Gasteiger partial charge in [-0.2, -0.15) is 0 Å². The monoisotopic (exact) mass is 286 g/mol. The minimum absolute atomic E-state index is 0.747. The van der Waals surface area contributed by atoms with Crippen LogP contribution in [0.15, 0.2) is 42.5 Å². The van der Waals surface area contributed by atoms with E-state index in [9.17, 15) is 0 Å². The van der Waals surface area contributed by atoms with Crippen LogP contribution in [-0.2, 0) is 13.1 Å². The van der Waals surface area contributed by atoms with Crippen LogP contribution in [-0.4, -0.2) is 26.2 Å². The standard InChI is InChI=1S/C17H22N2O2/c1-19(11-13-6-4-5-7-16(13)20-2)12-14-10-15(18)8-9-17(14)21-3/h4-10H,11-12,18H2,1-3H3. The fraction of sp³-hybridized carbons (Fsp3) is 0.294. The molecule has 0 unspecified atom stereocenters. The molecule has 112 valence electrons. The smallest absolute Gasteiger partial charge is 0.123 e. The minimum Gasteiger partial charge on any atom is -0.496 e. The molecule has 21 heavy (non-hydrogen) atoms. The molecule has 2 aromatic rings. The highest BCUT2D eigenvalue weighted by molar-refractivity contribution is 5.47. The molecule has 0 aliphatic heterocycles. The summed E-state index contributed by atoms with van der Waals surface area (Å²) in [4.78, 5) is 2.20. The summed E-state index contributed by atoms with van der Waals surface area (Å²) in [5.41, 5.74) is 8.85. The molecule has 0 aromatic heterocycles. The Kier molecular flexibility index (Phi) is 5.06. The molecule has 2 aromatic carbocycles. The van der Waals surface area contributed by atoms with Gasteiger partial charge in [0.25, 0.3) is 0 Å². The molecule has 4 nitrogen and oxygen atoms in total. The van der Waals surface area contributed by atoms with Crippen molar-refractivity contribution < 1.29 is 9.47 Å². The van der Waals surface area contributed by atoms with E-state index in [0.29, 0.717) is 0 Å². The lowest BCUT2D eigenvalue weighted by Crippen LogP contribution is -2.18. The van der Waals surface area contributed by atoms with E-state index in [4.69, 9.17) is 15.2 Å². The first-order chi connectivity index (χ1) is 10.1. The third kappa shape index (κ3) is 3.89. The Balaban J connectivity index is 2.11. The molecule has 0 saturated heterocycles. The largest absolute Gasteiger partial charge is 0.496 e. The summed E-state index contributed by atoms with van der Waals surface area (Å²) >= 11 is 0. The second-order valence-corrected chi connectivity index (χ2v) is 5.06. The molecule has 0 saturated carbocycles. The summed E-state index contributed by atoms with van der Waals surface area (Å²) in [5.74, 6) is 1.76. The molecule has 0 spiro atoms. The zero-order chi connectivity index (χ0) is 15.2. The second-order valence-electron chi connectivity index (χ2n) is 5.06. The molecule has 2 rings (SSSR count). The van der Waals surface area contributed by atoms with Crippen LogP contribution >= 0.6 is 0 Å². The lowest BCUT2D eigenvalue weighted by molar-refractivity contribution is 0.303. The number of methoxy groups -OCH3 is 2. The Morgan fingerprint density at radius 2 is 1.52 bits per heavy atom. The van der Waals surface area contributed by atoms with E-state index in [1.807, 2.05) is 36.4 Å². The van der Waals surface area contributed by atoms with Crippen molar-refractivity contribution in [2.75, 3.05) is 27.0 Å². The van der Waals surface area contributed by atoms with Gasteiger partial charge in [0.2, 0.25) is 0 Å². The van der Waals surface area contributed by atoms with Crippen molar-refractivity contribution in [1.29, 1.82) is 0 Å². The number of nitrogens with zero attached hydrogens (tertiary/aromatic N) is 1. The van der Waals surface area contributed by atoms with Crippen molar-refractivity contribution in [3.05, 3.63) is 53.6 Å². The van der Waals surface area contributed by atoms with Gasteiger partial charge < -0.3 is 15.2 Å². The van der Waals surface area contributed by atoms with Gasteiger partial charge in [-0.25, -0.2) is 0 Å². The van der Waals surface area contributed by atoms with Crippen LogP contribution in [0.1, 0.15) is 11.1 Å². The maximum absolute atomic E-state index is 5.86. The van der Waals surface area contributed by atoms with Gasteiger partial charge in [-0.05, 0) is 31.3 Å². The fourth-order valence-corrected chi connectivity index (χ4v) is 2.39. The van der Waals surface area contributed by atoms with Gasteiger partial charge in [0.05, 0.1) is 14.2 Å². The van der Waals surface area contributed by atoms with E-state index in [0.717, 1.165) is 41.4 Å². The second kappa shape index (κ2) is 6.99. The summed E-state index contributed by atoms with van der Waals surface area (Å²) < 4.78 is 10.8. The first kappa shape index (κ1) is 15.2. The quantitative estimate of drug-likeness (QED) is 0.829. The number of nitrogens with two attached hydrogens (primary N) is 1. The van der Waals surface area contributed by atoms with Gasteiger partial charge in [-0.3, -0.25) is 4.90 Å². The summed E-state index contributed by atoms with van der Waals surface area (Å²) in [6.45, 7) is 1.55. The molecular formula is C17H22N2O2. The Bertz CT molecular complexity index is 599. The number of rotatable bonds is 6. The highest BCUT2D eigenvalue weighted by Crippen LogP contribution is 2.24. The summed E-state index contributed by atoms with van der Waals surface area (Å²) in [7, 11) is 5.43. The van der Waals surface area contributed by atoms with Crippen LogP contribution in [0.25, 0.3) is 0 Å². The normalized spacial score (nSPS) is 10.7. The van der Waals surface area contributed by atoms with Crippen LogP contribution < -0.4 is 15.2 Å². The molecule has 4 heteroatoms. The number of benzene rings is 2. The highest BCUT2D eigenvalue weighted by atomic mass is 16.5. The van der Waals surface area contributed by atoms with Gasteiger partial charge in [0, 0.05) is 29.9 Å². The molecule has 0 heterocycles. The first-order valence-electron chi connectivity index (χ1n) is 6.87. The number of anilines is 1. The molecule has 0 radical (unpaired) electrons. The van der Waals surface area contributed by atoms with Gasteiger partial charge in [-0.1, -0.05) is 18.2 Å². The van der Waals surface area contributed by atoms with Gasteiger partial charge in [-0.15, -0.1) is 0 Å². The van der Waals surface area contributed by atoms with Crippen LogP contribution in [0, 0.1) is 0 Å². The van der Waals surface area contributed by atoms with Crippen LogP contribution in [0.2, 0.25) is 0 Å². The molecular weight excluding hydrogens is 264 g/mol. The Labute approximate surface area is 126 Å². The predicted molar refractivity (Wildman–Crippen MR) is 85.6 cm³/mol. The maximum Gasteiger partial charge on any atom is 0.123 e. The fourth-order valence-electron chi connectivity index (χ4n) is 2.39. The topological polar surface area (TPSA) is 47.7 Å². The van der Waals surface area contributed by atoms with E-state index in [1.165, 1.54) is 0 Å². The number of para-hydroxylation sites is 1. The van der Waals surface area contributed by atoms with Crippen molar-refractivity contribution in [3.63, 3.8) is 0 Å². The van der Waals surface area contributed by atoms with Crippen LogP contribution in [0.4, 0.5) is 5.69 Å². The predicted octanol–water partition coefficient (Wildman–Crippen LogP) is 2.92. The highest BCUT2D eigenvalue weighted by Gasteiger charge is 2.09. The number of ether oxygens (including phenoxy) is 2. The zero-order valence-electron chi connectivity index (χ0n) is 12.8. The average Bonchev–Trinajstić information content (AvgIpc) is 2.48. The minimum atomic E-state index is 0.747. The summed E-state index contributed by atoms with van der Waals surface area (Å²) in [6, 6.07) is 13.8. The third-order valence-corrected chi connectivity index (χ3v) is 3.38. The van der Waals surface area contributed by atoms with E-state index in [2.05, 4.69) is 18.0 Å². The third-order valence-electron chi connectivity index (χ3n) is 3.38. The van der Waals surface area contributed by atoms with E-state index < -0.39 is 0 Å². The Hall–Kier alpha value is -2.20. The van der Waals surface area contributed by atoms with Crippen LogP contribution in [0.5, 0.6) is 11.5 Å². The molecule has 0 aliphatic carbocycles. The van der Waals surface area contributed by atoms with E-state index >= 15 is 0 Å². The van der Waals surface area contributed by atoms with Crippen molar-refractivity contribution >= 4 is 5.69 Å². The van der Waals surface area contributed by atoms with Gasteiger partial charge >= 0.3 is 0 Å². The first-order valence-corrected chi connectivity index (χ1v) is 6.87.